The molecule has 0 unspecified atom stereocenters. The van der Waals surface area contributed by atoms with Gasteiger partial charge in [-0.15, -0.1) is 0 Å². The minimum atomic E-state index is -0.698. The molecule has 1 rings (SSSR count). The van der Waals surface area contributed by atoms with Gasteiger partial charge in [-0.1, -0.05) is 24.3 Å². The van der Waals surface area contributed by atoms with Crippen LogP contribution in [-0.2, 0) is 4.74 Å². The van der Waals surface area contributed by atoms with Crippen LogP contribution >= 0.6 is 0 Å². The molecule has 0 aromatic heterocycles. The summed E-state index contributed by atoms with van der Waals surface area (Å²) in [5.41, 5.74) is 1.30. The van der Waals surface area contributed by atoms with E-state index in [2.05, 4.69) is 6.58 Å². The Bertz CT molecular complexity index is 427. The summed E-state index contributed by atoms with van der Waals surface area (Å²) in [6.07, 6.45) is -0.698. The van der Waals surface area contributed by atoms with Crippen molar-refractivity contribution in [2.75, 3.05) is 0 Å². The van der Waals surface area contributed by atoms with Gasteiger partial charge in [0, 0.05) is 0 Å². The van der Waals surface area contributed by atoms with Gasteiger partial charge in [-0.2, -0.15) is 0 Å². The van der Waals surface area contributed by atoms with Gasteiger partial charge in [0.15, 0.2) is 0 Å². The summed E-state index contributed by atoms with van der Waals surface area (Å²) >= 11 is 0. The van der Waals surface area contributed by atoms with Crippen LogP contribution < -0.4 is 4.74 Å². The van der Waals surface area contributed by atoms with E-state index < -0.39 is 11.8 Å². The van der Waals surface area contributed by atoms with Crippen LogP contribution in [-0.4, -0.2) is 11.8 Å². The average Bonchev–Trinajstić information content (AvgIpc) is 2.14. The number of hydrogen-bond donors (Lipinski definition) is 0. The van der Waals surface area contributed by atoms with E-state index in [4.69, 9.17) is 9.47 Å². The highest BCUT2D eigenvalue weighted by Crippen LogP contribution is 2.19. The summed E-state index contributed by atoms with van der Waals surface area (Å²) in [6, 6.07) is 7.18. The minimum Gasteiger partial charge on any atom is -0.428 e. The SMILES string of the molecule is C=C(C)c1cccc(OC(=O)OC(C)(C)C)c1. The van der Waals surface area contributed by atoms with Gasteiger partial charge in [-0.25, -0.2) is 4.79 Å². The van der Waals surface area contributed by atoms with Crippen molar-refractivity contribution in [1.29, 1.82) is 0 Å². The van der Waals surface area contributed by atoms with Crippen molar-refractivity contribution in [1.82, 2.24) is 0 Å². The van der Waals surface area contributed by atoms with Gasteiger partial charge in [-0.3, -0.25) is 0 Å². The summed E-state index contributed by atoms with van der Waals surface area (Å²) in [7, 11) is 0. The average molecular weight is 234 g/mol. The van der Waals surface area contributed by atoms with Crippen molar-refractivity contribution in [3.05, 3.63) is 36.4 Å². The largest absolute Gasteiger partial charge is 0.514 e. The molecule has 1 aromatic carbocycles. The van der Waals surface area contributed by atoms with E-state index in [0.29, 0.717) is 5.75 Å². The van der Waals surface area contributed by atoms with Crippen LogP contribution in [0.2, 0.25) is 0 Å². The number of ether oxygens (including phenoxy) is 2. The molecule has 0 aliphatic rings. The van der Waals surface area contributed by atoms with Crippen molar-refractivity contribution >= 4 is 11.7 Å². The second kappa shape index (κ2) is 5.04. The van der Waals surface area contributed by atoms with Gasteiger partial charge in [0.1, 0.15) is 11.4 Å². The Morgan fingerprint density at radius 3 is 2.47 bits per heavy atom. The van der Waals surface area contributed by atoms with E-state index in [9.17, 15) is 4.79 Å². The fourth-order valence-corrected chi connectivity index (χ4v) is 1.19. The third kappa shape index (κ3) is 4.72. The first-order valence-electron chi connectivity index (χ1n) is 5.45. The van der Waals surface area contributed by atoms with Gasteiger partial charge >= 0.3 is 6.16 Å². The third-order valence-corrected chi connectivity index (χ3v) is 1.92. The first-order chi connectivity index (χ1) is 7.78. The molecule has 0 saturated carbocycles. The highest BCUT2D eigenvalue weighted by molar-refractivity contribution is 5.67. The van der Waals surface area contributed by atoms with E-state index in [1.165, 1.54) is 0 Å². The van der Waals surface area contributed by atoms with Crippen molar-refractivity contribution in [3.8, 4) is 5.75 Å². The Morgan fingerprint density at radius 2 is 1.94 bits per heavy atom. The van der Waals surface area contributed by atoms with Gasteiger partial charge in [-0.05, 0) is 45.4 Å². The van der Waals surface area contributed by atoms with Crippen molar-refractivity contribution in [2.24, 2.45) is 0 Å². The number of rotatable bonds is 2. The molecule has 0 radical (unpaired) electrons. The highest BCUT2D eigenvalue weighted by Gasteiger charge is 2.18. The molecule has 0 amide bonds. The molecule has 0 saturated heterocycles. The number of hydrogen-bond acceptors (Lipinski definition) is 3. The lowest BCUT2D eigenvalue weighted by Gasteiger charge is -2.18. The van der Waals surface area contributed by atoms with E-state index >= 15 is 0 Å². The number of allylic oxidation sites excluding steroid dienone is 1. The lowest BCUT2D eigenvalue weighted by molar-refractivity contribution is 0.0206. The zero-order valence-corrected chi connectivity index (χ0v) is 10.7. The summed E-state index contributed by atoms with van der Waals surface area (Å²) in [5, 5.41) is 0. The molecule has 0 atom stereocenters. The van der Waals surface area contributed by atoms with E-state index in [0.717, 1.165) is 11.1 Å². The number of benzene rings is 1. The Kier molecular flexibility index (Phi) is 3.94. The Morgan fingerprint density at radius 1 is 1.29 bits per heavy atom. The maximum absolute atomic E-state index is 11.4. The Labute approximate surface area is 102 Å². The van der Waals surface area contributed by atoms with Crippen LogP contribution in [0, 0.1) is 0 Å². The fourth-order valence-electron chi connectivity index (χ4n) is 1.19. The molecular formula is C14H18O3. The molecule has 1 aromatic rings. The van der Waals surface area contributed by atoms with Crippen LogP contribution in [0.15, 0.2) is 30.8 Å². The standard InChI is InChI=1S/C14H18O3/c1-10(2)11-7-6-8-12(9-11)16-13(15)17-14(3,4)5/h6-9H,1H2,2-5H3. The predicted octanol–water partition coefficient (Wildman–Crippen LogP) is 4.03. The molecule has 0 spiro atoms. The third-order valence-electron chi connectivity index (χ3n) is 1.92. The first kappa shape index (κ1) is 13.3. The molecular weight excluding hydrogens is 216 g/mol. The zero-order valence-electron chi connectivity index (χ0n) is 10.7. The van der Waals surface area contributed by atoms with Crippen LogP contribution in [0.25, 0.3) is 5.57 Å². The lowest BCUT2D eigenvalue weighted by atomic mass is 10.1. The second-order valence-corrected chi connectivity index (χ2v) is 4.87. The Hall–Kier alpha value is -1.77. The molecule has 3 heteroatoms. The lowest BCUT2D eigenvalue weighted by Crippen LogP contribution is -2.25. The number of carbonyl (C=O) groups excluding carboxylic acids is 1. The molecule has 17 heavy (non-hydrogen) atoms. The van der Waals surface area contributed by atoms with Crippen molar-refractivity contribution in [3.63, 3.8) is 0 Å². The zero-order chi connectivity index (χ0) is 13.1. The molecule has 0 aliphatic carbocycles. The maximum Gasteiger partial charge on any atom is 0.514 e. The van der Waals surface area contributed by atoms with Crippen LogP contribution in [0.5, 0.6) is 5.75 Å². The van der Waals surface area contributed by atoms with Gasteiger partial charge in [0.25, 0.3) is 0 Å². The molecule has 0 bridgehead atoms. The normalized spacial score (nSPS) is 10.8. The summed E-state index contributed by atoms with van der Waals surface area (Å²) in [4.78, 5) is 11.4. The molecule has 0 N–H and O–H groups in total. The quantitative estimate of drug-likeness (QED) is 0.572. The molecule has 3 nitrogen and oxygen atoms in total. The van der Waals surface area contributed by atoms with Gasteiger partial charge in [0.05, 0.1) is 0 Å². The molecule has 0 heterocycles. The summed E-state index contributed by atoms with van der Waals surface area (Å²) in [5.74, 6) is 0.458. The number of carbonyl (C=O) groups is 1. The smallest absolute Gasteiger partial charge is 0.428 e. The van der Waals surface area contributed by atoms with E-state index in [1.807, 2.05) is 19.1 Å². The van der Waals surface area contributed by atoms with Crippen molar-refractivity contribution in [2.45, 2.75) is 33.3 Å². The predicted molar refractivity (Wildman–Crippen MR) is 68.0 cm³/mol. The summed E-state index contributed by atoms with van der Waals surface area (Å²) < 4.78 is 10.1. The summed E-state index contributed by atoms with van der Waals surface area (Å²) in [6.45, 7) is 11.1. The van der Waals surface area contributed by atoms with Crippen LogP contribution in [0.3, 0.4) is 0 Å². The molecule has 0 aliphatic heterocycles. The van der Waals surface area contributed by atoms with Crippen LogP contribution in [0.4, 0.5) is 4.79 Å². The Balaban J connectivity index is 2.72. The van der Waals surface area contributed by atoms with Crippen LogP contribution in [0.1, 0.15) is 33.3 Å². The van der Waals surface area contributed by atoms with Gasteiger partial charge in [0.2, 0.25) is 0 Å². The van der Waals surface area contributed by atoms with Gasteiger partial charge < -0.3 is 9.47 Å². The fraction of sp³-hybridized carbons (Fsp3) is 0.357. The van der Waals surface area contributed by atoms with E-state index in [1.54, 1.807) is 32.9 Å². The molecule has 0 fully saturated rings. The first-order valence-corrected chi connectivity index (χ1v) is 5.45. The molecule has 92 valence electrons. The maximum atomic E-state index is 11.4. The monoisotopic (exact) mass is 234 g/mol. The second-order valence-electron chi connectivity index (χ2n) is 4.87. The van der Waals surface area contributed by atoms with E-state index in [-0.39, 0.29) is 0 Å². The highest BCUT2D eigenvalue weighted by atomic mass is 16.7. The van der Waals surface area contributed by atoms with Crippen molar-refractivity contribution < 1.29 is 14.3 Å². The minimum absolute atomic E-state index is 0.458. The topological polar surface area (TPSA) is 35.5 Å².